The van der Waals surface area contributed by atoms with E-state index in [0.717, 1.165) is 12.0 Å². The standard InChI is InChI=1S/C11H18.C5H8.2C2H6.2CH4/c1-5-8-9-11(7-3)10(4)6-2;1-4-5(2)3;2*1-2;;/h5-6,8-9H,7H2,1-4H3;4H,1-2H2,3H3;2*1-2H3;2*1H4/b8-5-,10-6+,11-9+;;;;;. The zero-order valence-corrected chi connectivity index (χ0v) is 15.5. The van der Waals surface area contributed by atoms with Crippen LogP contribution in [-0.4, -0.2) is 0 Å². The average molecular weight is 311 g/mol. The van der Waals surface area contributed by atoms with Crippen molar-refractivity contribution in [2.75, 3.05) is 0 Å². The first kappa shape index (κ1) is 37.2. The molecule has 0 spiro atoms. The lowest BCUT2D eigenvalue weighted by atomic mass is 10.0. The Kier molecular flexibility index (Phi) is 62.0. The summed E-state index contributed by atoms with van der Waals surface area (Å²) in [4.78, 5) is 0. The Morgan fingerprint density at radius 2 is 1.32 bits per heavy atom. The molecule has 22 heavy (non-hydrogen) atoms. The van der Waals surface area contributed by atoms with Gasteiger partial charge in [0.1, 0.15) is 0 Å². The molecule has 0 heteroatoms. The van der Waals surface area contributed by atoms with E-state index in [4.69, 9.17) is 0 Å². The van der Waals surface area contributed by atoms with Crippen LogP contribution in [0.25, 0.3) is 0 Å². The van der Waals surface area contributed by atoms with Gasteiger partial charge < -0.3 is 0 Å². The van der Waals surface area contributed by atoms with Gasteiger partial charge in [0, 0.05) is 0 Å². The molecular formula is C22H46. The van der Waals surface area contributed by atoms with Gasteiger partial charge in [0.15, 0.2) is 0 Å². The van der Waals surface area contributed by atoms with Crippen LogP contribution in [0.4, 0.5) is 0 Å². The smallest absolute Gasteiger partial charge is 0.0305 e. The molecule has 0 nitrogen and oxygen atoms in total. The van der Waals surface area contributed by atoms with Crippen molar-refractivity contribution in [3.8, 4) is 0 Å². The van der Waals surface area contributed by atoms with Gasteiger partial charge in [0.05, 0.1) is 0 Å². The topological polar surface area (TPSA) is 0 Å². The van der Waals surface area contributed by atoms with Gasteiger partial charge in [-0.25, -0.2) is 0 Å². The summed E-state index contributed by atoms with van der Waals surface area (Å²) in [7, 11) is 0. The van der Waals surface area contributed by atoms with Crippen LogP contribution in [-0.2, 0) is 0 Å². The summed E-state index contributed by atoms with van der Waals surface area (Å²) in [5, 5.41) is 0. The van der Waals surface area contributed by atoms with E-state index in [1.807, 2.05) is 41.5 Å². The van der Waals surface area contributed by atoms with E-state index in [2.05, 4.69) is 58.2 Å². The fraction of sp³-hybridized carbons (Fsp3) is 0.545. The summed E-state index contributed by atoms with van der Waals surface area (Å²) in [6.45, 7) is 25.4. The fourth-order valence-corrected chi connectivity index (χ4v) is 0.926. The lowest BCUT2D eigenvalue weighted by Crippen LogP contribution is -1.81. The van der Waals surface area contributed by atoms with Crippen LogP contribution in [0.1, 0.15) is 83.6 Å². The van der Waals surface area contributed by atoms with Crippen molar-refractivity contribution < 1.29 is 0 Å². The summed E-state index contributed by atoms with van der Waals surface area (Å²) in [6.07, 6.45) is 11.3. The molecule has 0 aliphatic rings. The molecule has 0 saturated carbocycles. The third-order valence-electron chi connectivity index (χ3n) is 2.16. The van der Waals surface area contributed by atoms with E-state index in [1.54, 1.807) is 6.08 Å². The molecule has 0 aliphatic heterocycles. The monoisotopic (exact) mass is 310 g/mol. The van der Waals surface area contributed by atoms with E-state index < -0.39 is 0 Å². The first-order chi connectivity index (χ1) is 9.53. The minimum Gasteiger partial charge on any atom is -0.0988 e. The Bertz CT molecular complexity index is 285. The molecule has 0 aromatic rings. The largest absolute Gasteiger partial charge is 0.0988 e. The number of hydrogen-bond donors (Lipinski definition) is 0. The van der Waals surface area contributed by atoms with E-state index in [1.165, 1.54) is 11.1 Å². The Balaban J connectivity index is -0.0000000498. The quantitative estimate of drug-likeness (QED) is 0.454. The van der Waals surface area contributed by atoms with Crippen LogP contribution in [0.15, 0.2) is 60.3 Å². The molecule has 0 radical (unpaired) electrons. The Morgan fingerprint density at radius 1 is 0.955 bits per heavy atom. The van der Waals surface area contributed by atoms with Gasteiger partial charge in [-0.05, 0) is 39.7 Å². The molecule has 0 heterocycles. The van der Waals surface area contributed by atoms with Crippen molar-refractivity contribution in [2.24, 2.45) is 0 Å². The average Bonchev–Trinajstić information content (AvgIpc) is 2.52. The summed E-state index contributed by atoms with van der Waals surface area (Å²) in [5.41, 5.74) is 3.82. The molecule has 0 atom stereocenters. The molecule has 0 fully saturated rings. The lowest BCUT2D eigenvalue weighted by molar-refractivity contribution is 1.10. The van der Waals surface area contributed by atoms with Gasteiger partial charge in [0.2, 0.25) is 0 Å². The molecule has 0 N–H and O–H groups in total. The van der Waals surface area contributed by atoms with Crippen molar-refractivity contribution in [3.05, 3.63) is 60.3 Å². The molecular weight excluding hydrogens is 264 g/mol. The summed E-state index contributed by atoms with van der Waals surface area (Å²) >= 11 is 0. The second kappa shape index (κ2) is 36.7. The van der Waals surface area contributed by atoms with Crippen LogP contribution in [0.2, 0.25) is 0 Å². The number of hydrogen-bond acceptors (Lipinski definition) is 0. The molecule has 0 unspecified atom stereocenters. The summed E-state index contributed by atoms with van der Waals surface area (Å²) < 4.78 is 0. The van der Waals surface area contributed by atoms with E-state index in [9.17, 15) is 0 Å². The molecule has 134 valence electrons. The lowest BCUT2D eigenvalue weighted by Gasteiger charge is -2.01. The van der Waals surface area contributed by atoms with Crippen LogP contribution in [0.3, 0.4) is 0 Å². The highest BCUT2D eigenvalue weighted by atomic mass is 14.0. The maximum absolute atomic E-state index is 3.56. The highest BCUT2D eigenvalue weighted by molar-refractivity contribution is 5.31. The van der Waals surface area contributed by atoms with E-state index in [-0.39, 0.29) is 14.9 Å². The molecule has 0 aromatic carbocycles. The third kappa shape index (κ3) is 36.3. The Morgan fingerprint density at radius 3 is 1.50 bits per heavy atom. The third-order valence-corrected chi connectivity index (χ3v) is 2.16. The molecule has 0 aromatic heterocycles. The van der Waals surface area contributed by atoms with Gasteiger partial charge in [-0.2, -0.15) is 0 Å². The van der Waals surface area contributed by atoms with E-state index >= 15 is 0 Å². The normalized spacial score (nSPS) is 9.32. The van der Waals surface area contributed by atoms with Crippen LogP contribution >= 0.6 is 0 Å². The first-order valence-corrected chi connectivity index (χ1v) is 7.76. The Labute approximate surface area is 144 Å². The predicted octanol–water partition coefficient (Wildman–Crippen LogP) is 8.94. The SMILES string of the molecule is C.C.C=CC(=C)C.CC.CC.C\C=C/C=C(CC)/C(C)=C/C. The highest BCUT2D eigenvalue weighted by Crippen LogP contribution is 2.12. The summed E-state index contributed by atoms with van der Waals surface area (Å²) in [5.74, 6) is 0. The first-order valence-electron chi connectivity index (χ1n) is 7.76. The predicted molar refractivity (Wildman–Crippen MR) is 114 cm³/mol. The van der Waals surface area contributed by atoms with E-state index in [0.29, 0.717) is 0 Å². The molecule has 0 rings (SSSR count). The van der Waals surface area contributed by atoms with Crippen molar-refractivity contribution in [1.29, 1.82) is 0 Å². The Hall–Kier alpha value is -1.30. The van der Waals surface area contributed by atoms with Gasteiger partial charge in [-0.15, -0.1) is 0 Å². The second-order valence-electron chi connectivity index (χ2n) is 3.59. The summed E-state index contributed by atoms with van der Waals surface area (Å²) in [6, 6.07) is 0. The zero-order chi connectivity index (χ0) is 17.0. The number of allylic oxidation sites excluding steroid dienone is 8. The molecule has 0 saturated heterocycles. The van der Waals surface area contributed by atoms with Crippen LogP contribution in [0.5, 0.6) is 0 Å². The molecule has 0 aliphatic carbocycles. The van der Waals surface area contributed by atoms with Crippen molar-refractivity contribution >= 4 is 0 Å². The minimum atomic E-state index is 0. The minimum absolute atomic E-state index is 0. The molecule has 0 amide bonds. The maximum atomic E-state index is 3.56. The van der Waals surface area contributed by atoms with Crippen LogP contribution < -0.4 is 0 Å². The molecule has 0 bridgehead atoms. The van der Waals surface area contributed by atoms with Gasteiger partial charge in [0.25, 0.3) is 0 Å². The second-order valence-corrected chi connectivity index (χ2v) is 3.59. The van der Waals surface area contributed by atoms with Gasteiger partial charge in [-0.1, -0.05) is 104 Å². The van der Waals surface area contributed by atoms with Gasteiger partial charge >= 0.3 is 0 Å². The maximum Gasteiger partial charge on any atom is -0.0305 e. The van der Waals surface area contributed by atoms with Crippen molar-refractivity contribution in [3.63, 3.8) is 0 Å². The van der Waals surface area contributed by atoms with Crippen LogP contribution in [0, 0.1) is 0 Å². The highest BCUT2D eigenvalue weighted by Gasteiger charge is 1.92. The van der Waals surface area contributed by atoms with Crippen molar-refractivity contribution in [1.82, 2.24) is 0 Å². The number of rotatable bonds is 4. The van der Waals surface area contributed by atoms with Crippen molar-refractivity contribution in [2.45, 2.75) is 83.6 Å². The zero-order valence-electron chi connectivity index (χ0n) is 15.5. The van der Waals surface area contributed by atoms with Gasteiger partial charge in [-0.3, -0.25) is 0 Å². The fourth-order valence-electron chi connectivity index (χ4n) is 0.926.